The van der Waals surface area contributed by atoms with Crippen LogP contribution in [0.3, 0.4) is 0 Å². The lowest BCUT2D eigenvalue weighted by Crippen LogP contribution is -2.50. The van der Waals surface area contributed by atoms with E-state index in [1.807, 2.05) is 24.3 Å². The lowest BCUT2D eigenvalue weighted by atomic mass is 9.88. The molecule has 2 heterocycles. The van der Waals surface area contributed by atoms with Crippen LogP contribution in [0.2, 0.25) is 0 Å². The third-order valence-corrected chi connectivity index (χ3v) is 5.78. The summed E-state index contributed by atoms with van der Waals surface area (Å²) in [7, 11) is 0. The van der Waals surface area contributed by atoms with E-state index in [1.165, 1.54) is 12.1 Å². The summed E-state index contributed by atoms with van der Waals surface area (Å²) in [6, 6.07) is 10.5. The number of carbonyl (C=O) groups is 4. The predicted octanol–water partition coefficient (Wildman–Crippen LogP) is 2.96. The smallest absolute Gasteiger partial charge is 0.328 e. The molecule has 32 heavy (non-hydrogen) atoms. The second-order valence-electron chi connectivity index (χ2n) is 7.97. The summed E-state index contributed by atoms with van der Waals surface area (Å²) < 4.78 is 14.5. The molecule has 4 rings (SSSR count). The van der Waals surface area contributed by atoms with Crippen molar-refractivity contribution >= 4 is 35.2 Å². The molecule has 0 spiro atoms. The Kier molecular flexibility index (Phi) is 5.89. The number of imide groups is 1. The van der Waals surface area contributed by atoms with E-state index in [0.29, 0.717) is 19.4 Å². The molecule has 0 aromatic heterocycles. The minimum absolute atomic E-state index is 0.0123. The Hall–Kier alpha value is -3.75. The molecule has 1 fully saturated rings. The van der Waals surface area contributed by atoms with Gasteiger partial charge in [0.2, 0.25) is 5.91 Å². The Morgan fingerprint density at radius 3 is 2.66 bits per heavy atom. The van der Waals surface area contributed by atoms with Crippen LogP contribution in [0, 0.1) is 11.7 Å². The van der Waals surface area contributed by atoms with Gasteiger partial charge in [0.25, 0.3) is 5.91 Å². The van der Waals surface area contributed by atoms with E-state index in [0.717, 1.165) is 22.2 Å². The number of nitrogens with one attached hydrogen (secondary N) is 1. The van der Waals surface area contributed by atoms with Crippen LogP contribution in [-0.2, 0) is 16.0 Å². The number of aliphatic carboxylic acids is 1. The van der Waals surface area contributed by atoms with E-state index in [2.05, 4.69) is 5.32 Å². The van der Waals surface area contributed by atoms with E-state index in [1.54, 1.807) is 4.90 Å². The van der Waals surface area contributed by atoms with Gasteiger partial charge in [-0.2, -0.15) is 0 Å². The molecule has 4 amide bonds. The number of carboxylic acids is 1. The van der Waals surface area contributed by atoms with Gasteiger partial charge in [-0.25, -0.2) is 9.18 Å². The molecular weight excluding hydrogens is 417 g/mol. The third-order valence-electron chi connectivity index (χ3n) is 5.78. The maximum Gasteiger partial charge on any atom is 0.328 e. The van der Waals surface area contributed by atoms with Gasteiger partial charge in [-0.3, -0.25) is 24.6 Å². The molecule has 0 radical (unpaired) electrons. The molecule has 2 N–H and O–H groups in total. The van der Waals surface area contributed by atoms with Gasteiger partial charge in [0.15, 0.2) is 0 Å². The summed E-state index contributed by atoms with van der Waals surface area (Å²) in [6.45, 7) is 0.359. The zero-order valence-corrected chi connectivity index (χ0v) is 17.2. The fourth-order valence-corrected chi connectivity index (χ4v) is 4.19. The van der Waals surface area contributed by atoms with Gasteiger partial charge in [0, 0.05) is 37.2 Å². The van der Waals surface area contributed by atoms with Crippen LogP contribution in [0.4, 0.5) is 20.6 Å². The van der Waals surface area contributed by atoms with Crippen molar-refractivity contribution < 1.29 is 28.7 Å². The number of halogens is 1. The number of anilines is 2. The summed E-state index contributed by atoms with van der Waals surface area (Å²) in [6.07, 6.45) is 1.15. The van der Waals surface area contributed by atoms with Crippen molar-refractivity contribution in [3.8, 4) is 0 Å². The molecule has 1 atom stereocenters. The molecule has 166 valence electrons. The van der Waals surface area contributed by atoms with Crippen LogP contribution in [-0.4, -0.2) is 42.0 Å². The number of rotatable bonds is 5. The molecule has 0 bridgehead atoms. The zero-order valence-electron chi connectivity index (χ0n) is 17.2. The molecule has 0 saturated carbocycles. The molecule has 9 heteroatoms. The fourth-order valence-electron chi connectivity index (χ4n) is 4.19. The van der Waals surface area contributed by atoms with Crippen molar-refractivity contribution in [1.29, 1.82) is 0 Å². The lowest BCUT2D eigenvalue weighted by molar-refractivity contribution is -0.137. The average molecular weight is 439 g/mol. The maximum atomic E-state index is 14.5. The minimum atomic E-state index is -0.886. The molecule has 2 aliphatic heterocycles. The molecular formula is C23H22FN3O5. The third kappa shape index (κ3) is 4.32. The van der Waals surface area contributed by atoms with Gasteiger partial charge in [-0.05, 0) is 48.6 Å². The van der Waals surface area contributed by atoms with Gasteiger partial charge in [-0.15, -0.1) is 0 Å². The highest BCUT2D eigenvalue weighted by Crippen LogP contribution is 2.33. The molecule has 8 nitrogen and oxygen atoms in total. The van der Waals surface area contributed by atoms with E-state index < -0.39 is 23.7 Å². The SMILES string of the molecule is O=C(O)CCC1Cc2ccccc2N(C(=O)c2ccc(F)c(N3CCC(=O)NC3=O)c2)C1. The second kappa shape index (κ2) is 8.78. The highest BCUT2D eigenvalue weighted by molar-refractivity contribution is 6.09. The van der Waals surface area contributed by atoms with Crippen LogP contribution < -0.4 is 15.1 Å². The standard InChI is InChI=1S/C23H22FN3O5/c24-17-7-6-16(12-19(17)26-10-9-20(28)25-23(26)32)22(31)27-13-14(5-8-21(29)30)11-15-3-1-2-4-18(15)27/h1-4,6-7,12,14H,5,8-11,13H2,(H,29,30)(H,25,28,32). The number of urea groups is 1. The monoisotopic (exact) mass is 439 g/mol. The van der Waals surface area contributed by atoms with E-state index >= 15 is 0 Å². The van der Waals surface area contributed by atoms with Crippen LogP contribution in [0.25, 0.3) is 0 Å². The quantitative estimate of drug-likeness (QED) is 0.745. The second-order valence-corrected chi connectivity index (χ2v) is 7.97. The summed E-state index contributed by atoms with van der Waals surface area (Å²) in [5.41, 5.74) is 1.79. The Bertz CT molecular complexity index is 1100. The van der Waals surface area contributed by atoms with Crippen molar-refractivity contribution in [3.05, 3.63) is 59.4 Å². The van der Waals surface area contributed by atoms with Crippen molar-refractivity contribution in [3.63, 3.8) is 0 Å². The highest BCUT2D eigenvalue weighted by Gasteiger charge is 2.31. The van der Waals surface area contributed by atoms with Gasteiger partial charge in [-0.1, -0.05) is 18.2 Å². The number of nitrogens with zero attached hydrogens (tertiary/aromatic N) is 2. The minimum Gasteiger partial charge on any atom is -0.481 e. The molecule has 2 aromatic rings. The zero-order chi connectivity index (χ0) is 22.8. The summed E-state index contributed by atoms with van der Waals surface area (Å²) in [5.74, 6) is -2.39. The van der Waals surface area contributed by atoms with Crippen LogP contribution in [0.15, 0.2) is 42.5 Å². The molecule has 2 aromatic carbocycles. The van der Waals surface area contributed by atoms with Crippen molar-refractivity contribution in [2.24, 2.45) is 5.92 Å². The molecule has 1 saturated heterocycles. The first kappa shape index (κ1) is 21.5. The van der Waals surface area contributed by atoms with Crippen molar-refractivity contribution in [1.82, 2.24) is 5.32 Å². The van der Waals surface area contributed by atoms with Crippen molar-refractivity contribution in [2.45, 2.75) is 25.7 Å². The van der Waals surface area contributed by atoms with Crippen LogP contribution in [0.1, 0.15) is 35.2 Å². The van der Waals surface area contributed by atoms with Crippen LogP contribution in [0.5, 0.6) is 0 Å². The number of hydrogen-bond acceptors (Lipinski definition) is 4. The topological polar surface area (TPSA) is 107 Å². The van der Waals surface area contributed by atoms with Crippen LogP contribution >= 0.6 is 0 Å². The van der Waals surface area contributed by atoms with E-state index in [4.69, 9.17) is 5.11 Å². The van der Waals surface area contributed by atoms with E-state index in [-0.39, 0.29) is 42.5 Å². The van der Waals surface area contributed by atoms with E-state index in [9.17, 15) is 23.6 Å². The predicted molar refractivity (Wildman–Crippen MR) is 114 cm³/mol. The fraction of sp³-hybridized carbons (Fsp3) is 0.304. The number of amides is 4. The van der Waals surface area contributed by atoms with Gasteiger partial charge in [0.1, 0.15) is 5.82 Å². The lowest BCUT2D eigenvalue weighted by Gasteiger charge is -2.35. The first-order valence-corrected chi connectivity index (χ1v) is 10.4. The number of benzene rings is 2. The Morgan fingerprint density at radius 2 is 1.91 bits per heavy atom. The molecule has 0 aliphatic carbocycles. The Labute approximate surface area is 183 Å². The maximum absolute atomic E-state index is 14.5. The average Bonchev–Trinajstić information content (AvgIpc) is 2.77. The normalized spacial score (nSPS) is 18.2. The van der Waals surface area contributed by atoms with Gasteiger partial charge >= 0.3 is 12.0 Å². The number of para-hydroxylation sites is 1. The Morgan fingerprint density at radius 1 is 1.12 bits per heavy atom. The summed E-state index contributed by atoms with van der Waals surface area (Å²) in [4.78, 5) is 50.7. The summed E-state index contributed by atoms with van der Waals surface area (Å²) in [5, 5.41) is 11.2. The van der Waals surface area contributed by atoms with Gasteiger partial charge in [0.05, 0.1) is 5.69 Å². The Balaban J connectivity index is 1.64. The number of fused-ring (bicyclic) bond motifs is 1. The summed E-state index contributed by atoms with van der Waals surface area (Å²) >= 11 is 0. The number of carbonyl (C=O) groups excluding carboxylic acids is 3. The highest BCUT2D eigenvalue weighted by atomic mass is 19.1. The molecule has 1 unspecified atom stereocenters. The first-order valence-electron chi connectivity index (χ1n) is 10.4. The molecule has 2 aliphatic rings. The van der Waals surface area contributed by atoms with Gasteiger partial charge < -0.3 is 10.0 Å². The van der Waals surface area contributed by atoms with Crippen molar-refractivity contribution in [2.75, 3.05) is 22.9 Å². The largest absolute Gasteiger partial charge is 0.481 e. The number of carboxylic acid groups (broad SMARTS) is 1. The number of hydrogen-bond donors (Lipinski definition) is 2. The first-order chi connectivity index (χ1) is 15.3.